The van der Waals surface area contributed by atoms with Gasteiger partial charge in [0.1, 0.15) is 17.4 Å². The highest BCUT2D eigenvalue weighted by Gasteiger charge is 2.24. The van der Waals surface area contributed by atoms with Crippen molar-refractivity contribution in [3.05, 3.63) is 57.3 Å². The lowest BCUT2D eigenvalue weighted by molar-refractivity contribution is 0.102. The minimum Gasteiger partial charge on any atom is -0.493 e. The smallest absolute Gasteiger partial charge is 0.261 e. The summed E-state index contributed by atoms with van der Waals surface area (Å²) in [6, 6.07) is 8.32. The van der Waals surface area contributed by atoms with Crippen LogP contribution in [0.3, 0.4) is 0 Å². The molecule has 2 aromatic carbocycles. The van der Waals surface area contributed by atoms with Gasteiger partial charge in [-0.05, 0) is 31.2 Å². The second-order valence-corrected chi connectivity index (χ2v) is 7.15. The van der Waals surface area contributed by atoms with Gasteiger partial charge in [-0.15, -0.1) is 0 Å². The molecule has 1 N–H and O–H groups in total. The number of carbonyl (C=O) groups excluding carboxylic acids is 1. The molecule has 2 heterocycles. The minimum atomic E-state index is -0.534. The Balaban J connectivity index is 1.79. The number of amides is 1. The predicted molar refractivity (Wildman–Crippen MR) is 111 cm³/mol. The number of aromatic nitrogens is 1. The molecule has 3 aromatic rings. The molecule has 8 heteroatoms. The minimum absolute atomic E-state index is 0.000403. The number of ether oxygens (including phenoxy) is 3. The van der Waals surface area contributed by atoms with Crippen LogP contribution in [0.15, 0.2) is 41.3 Å². The average molecular weight is 415 g/mol. The van der Waals surface area contributed by atoms with Gasteiger partial charge in [0.05, 0.1) is 36.7 Å². The van der Waals surface area contributed by atoms with E-state index < -0.39 is 11.3 Å². The van der Waals surface area contributed by atoms with E-state index in [2.05, 4.69) is 5.32 Å². The van der Waals surface area contributed by atoms with E-state index in [1.165, 1.54) is 14.2 Å². The van der Waals surface area contributed by atoms with Crippen LogP contribution in [0.1, 0.15) is 17.3 Å². The van der Waals surface area contributed by atoms with Gasteiger partial charge in [-0.1, -0.05) is 11.6 Å². The maximum atomic E-state index is 13.1. The molecule has 0 saturated carbocycles. The summed E-state index contributed by atoms with van der Waals surface area (Å²) in [7, 11) is 3.03. The lowest BCUT2D eigenvalue weighted by atomic mass is 10.1. The maximum Gasteiger partial charge on any atom is 0.261 e. The maximum absolute atomic E-state index is 13.1. The van der Waals surface area contributed by atoms with Crippen molar-refractivity contribution >= 4 is 34.1 Å². The van der Waals surface area contributed by atoms with E-state index >= 15 is 0 Å². The first-order valence-electron chi connectivity index (χ1n) is 8.98. The number of methoxy groups -OCH3 is 2. The summed E-state index contributed by atoms with van der Waals surface area (Å²) in [5.41, 5.74) is 0.630. The van der Waals surface area contributed by atoms with Gasteiger partial charge in [0.25, 0.3) is 5.91 Å². The molecule has 1 aromatic heterocycles. The summed E-state index contributed by atoms with van der Waals surface area (Å²) < 4.78 is 18.1. The van der Waals surface area contributed by atoms with Gasteiger partial charge in [-0.25, -0.2) is 0 Å². The fourth-order valence-corrected chi connectivity index (χ4v) is 3.74. The molecule has 29 heavy (non-hydrogen) atoms. The zero-order chi connectivity index (χ0) is 20.7. The van der Waals surface area contributed by atoms with E-state index in [4.69, 9.17) is 25.8 Å². The number of rotatable bonds is 4. The number of carbonyl (C=O) groups is 1. The number of hydrogen-bond acceptors (Lipinski definition) is 5. The molecule has 4 rings (SSSR count). The second kappa shape index (κ2) is 7.33. The third kappa shape index (κ3) is 3.27. The summed E-state index contributed by atoms with van der Waals surface area (Å²) in [5, 5.41) is 3.30. The summed E-state index contributed by atoms with van der Waals surface area (Å²) in [5.74, 6) is 1.05. The van der Waals surface area contributed by atoms with Gasteiger partial charge in [-0.2, -0.15) is 0 Å². The van der Waals surface area contributed by atoms with Gasteiger partial charge >= 0.3 is 0 Å². The van der Waals surface area contributed by atoms with Crippen LogP contribution < -0.4 is 25.0 Å². The van der Waals surface area contributed by atoms with Crippen molar-refractivity contribution in [1.29, 1.82) is 0 Å². The van der Waals surface area contributed by atoms with Crippen LogP contribution in [0.25, 0.3) is 10.9 Å². The monoisotopic (exact) mass is 414 g/mol. The number of nitrogens with zero attached hydrogens (tertiary/aromatic N) is 1. The third-order valence-electron chi connectivity index (χ3n) is 4.80. The predicted octanol–water partition coefficient (Wildman–Crippen LogP) is 3.71. The summed E-state index contributed by atoms with van der Waals surface area (Å²) in [6.07, 6.45) is 1.45. The van der Waals surface area contributed by atoms with E-state index in [-0.39, 0.29) is 22.1 Å². The van der Waals surface area contributed by atoms with Crippen molar-refractivity contribution in [1.82, 2.24) is 4.57 Å². The fraction of sp³-hybridized carbons (Fsp3) is 0.238. The quantitative estimate of drug-likeness (QED) is 0.704. The van der Waals surface area contributed by atoms with Crippen molar-refractivity contribution in [2.45, 2.75) is 19.6 Å². The Bertz CT molecular complexity index is 1190. The number of nitrogens with one attached hydrogen (secondary N) is 1. The Morgan fingerprint density at radius 2 is 1.97 bits per heavy atom. The molecule has 1 unspecified atom stereocenters. The molecular formula is C21H19ClN2O5. The van der Waals surface area contributed by atoms with E-state index in [0.29, 0.717) is 35.0 Å². The van der Waals surface area contributed by atoms with Gasteiger partial charge in [0.2, 0.25) is 5.43 Å². The molecule has 0 aliphatic carbocycles. The molecule has 0 bridgehead atoms. The van der Waals surface area contributed by atoms with Crippen LogP contribution in [-0.2, 0) is 6.54 Å². The molecule has 1 amide bonds. The van der Waals surface area contributed by atoms with Crippen molar-refractivity contribution in [3.8, 4) is 17.2 Å². The van der Waals surface area contributed by atoms with Crippen LogP contribution in [0.4, 0.5) is 5.69 Å². The number of benzene rings is 2. The van der Waals surface area contributed by atoms with Crippen LogP contribution >= 0.6 is 11.6 Å². The number of anilines is 1. The highest BCUT2D eigenvalue weighted by atomic mass is 35.5. The van der Waals surface area contributed by atoms with E-state index in [1.807, 2.05) is 11.5 Å². The standard InChI is InChI=1S/C21H19ClN2O5/c1-11-9-24-10-13(20(25)18-14(22)5-7-16(29-11)19(18)24)21(26)23-12-4-6-15(27-2)17(8-12)28-3/h4-8,10-11H,9H2,1-3H3,(H,23,26). The van der Waals surface area contributed by atoms with Crippen molar-refractivity contribution in [3.63, 3.8) is 0 Å². The molecule has 1 atom stereocenters. The van der Waals surface area contributed by atoms with Crippen LogP contribution in [0, 0.1) is 0 Å². The van der Waals surface area contributed by atoms with E-state index in [1.54, 1.807) is 36.5 Å². The topological polar surface area (TPSA) is 78.8 Å². The molecule has 0 spiro atoms. The number of pyridine rings is 1. The Morgan fingerprint density at radius 1 is 1.21 bits per heavy atom. The number of hydrogen-bond donors (Lipinski definition) is 1. The average Bonchev–Trinajstić information content (AvgIpc) is 2.71. The SMILES string of the molecule is COc1ccc(NC(=O)c2cn3c4c(ccc(Cl)c4c2=O)OC(C)C3)cc1OC. The Hall–Kier alpha value is -3.19. The van der Waals surface area contributed by atoms with Crippen LogP contribution in [-0.4, -0.2) is 30.8 Å². The first kappa shape index (κ1) is 19.1. The molecule has 1 aliphatic heterocycles. The fourth-order valence-electron chi connectivity index (χ4n) is 3.51. The molecular weight excluding hydrogens is 396 g/mol. The van der Waals surface area contributed by atoms with Crippen molar-refractivity contribution in [2.75, 3.05) is 19.5 Å². The van der Waals surface area contributed by atoms with E-state index in [0.717, 1.165) is 0 Å². The second-order valence-electron chi connectivity index (χ2n) is 6.75. The Kier molecular flexibility index (Phi) is 4.84. The normalized spacial score (nSPS) is 15.0. The van der Waals surface area contributed by atoms with E-state index in [9.17, 15) is 9.59 Å². The summed E-state index contributed by atoms with van der Waals surface area (Å²) >= 11 is 6.30. The first-order valence-corrected chi connectivity index (χ1v) is 9.36. The van der Waals surface area contributed by atoms with Gasteiger partial charge < -0.3 is 24.1 Å². The summed E-state index contributed by atoms with van der Waals surface area (Å²) in [4.78, 5) is 26.0. The highest BCUT2D eigenvalue weighted by Crippen LogP contribution is 2.34. The lowest BCUT2D eigenvalue weighted by Gasteiger charge is -2.26. The number of halogens is 1. The molecule has 0 radical (unpaired) electrons. The molecule has 150 valence electrons. The third-order valence-corrected chi connectivity index (χ3v) is 5.12. The molecule has 0 fully saturated rings. The highest BCUT2D eigenvalue weighted by molar-refractivity contribution is 6.35. The van der Waals surface area contributed by atoms with Gasteiger partial charge in [0.15, 0.2) is 11.5 Å². The van der Waals surface area contributed by atoms with Crippen LogP contribution in [0.5, 0.6) is 17.2 Å². The van der Waals surface area contributed by atoms with Crippen molar-refractivity contribution in [2.24, 2.45) is 0 Å². The zero-order valence-electron chi connectivity index (χ0n) is 16.1. The van der Waals surface area contributed by atoms with Gasteiger partial charge in [0, 0.05) is 18.0 Å². The Morgan fingerprint density at radius 3 is 2.69 bits per heavy atom. The lowest BCUT2D eigenvalue weighted by Crippen LogP contribution is -2.30. The van der Waals surface area contributed by atoms with Gasteiger partial charge in [-0.3, -0.25) is 9.59 Å². The van der Waals surface area contributed by atoms with Crippen molar-refractivity contribution < 1.29 is 19.0 Å². The first-order chi connectivity index (χ1) is 13.9. The molecule has 0 saturated heterocycles. The molecule has 1 aliphatic rings. The summed E-state index contributed by atoms with van der Waals surface area (Å²) in [6.45, 7) is 2.42. The molecule has 7 nitrogen and oxygen atoms in total. The largest absolute Gasteiger partial charge is 0.493 e. The Labute approximate surface area is 171 Å². The zero-order valence-corrected chi connectivity index (χ0v) is 16.9. The van der Waals surface area contributed by atoms with Crippen LogP contribution in [0.2, 0.25) is 5.02 Å².